The van der Waals surface area contributed by atoms with Crippen LogP contribution in [0.15, 0.2) is 113 Å². The first-order valence-electron chi connectivity index (χ1n) is 22.1. The maximum absolute atomic E-state index is 5.08. The predicted octanol–water partition coefficient (Wildman–Crippen LogP) is 15.6. The van der Waals surface area contributed by atoms with E-state index in [1.807, 2.05) is 47.6 Å². The number of hydrogen-bond donors (Lipinski definition) is 1. The van der Waals surface area contributed by atoms with Gasteiger partial charge in [-0.15, -0.1) is 0 Å². The van der Waals surface area contributed by atoms with Crippen molar-refractivity contribution in [3.63, 3.8) is 0 Å². The fraction of sp³-hybridized carbons (Fsp3) is 0.519. The Hall–Kier alpha value is -3.34. The number of rotatable bonds is 15. The molecule has 3 aromatic rings. The lowest BCUT2D eigenvalue weighted by Gasteiger charge is -2.40. The highest BCUT2D eigenvalue weighted by Crippen LogP contribution is 2.45. The molecule has 0 bridgehead atoms. The highest BCUT2D eigenvalue weighted by atomic mass is 32.2. The number of benzene rings is 3. The van der Waals surface area contributed by atoms with Crippen molar-refractivity contribution in [2.45, 2.75) is 157 Å². The summed E-state index contributed by atoms with van der Waals surface area (Å²) in [6, 6.07) is 24.6. The van der Waals surface area contributed by atoms with Gasteiger partial charge in [-0.05, 0) is 112 Å². The minimum absolute atomic E-state index is 0.0251. The van der Waals surface area contributed by atoms with Crippen molar-refractivity contribution in [1.29, 1.82) is 0 Å². The third-order valence-electron chi connectivity index (χ3n) is 10.7. The Kier molecular flexibility index (Phi) is 26.2. The summed E-state index contributed by atoms with van der Waals surface area (Å²) >= 11 is 1.77. The molecule has 1 unspecified atom stereocenters. The molecule has 3 aromatic carbocycles. The number of nitrogens with zero attached hydrogens (tertiary/aromatic N) is 2. The molecule has 1 N–H and O–H groups in total. The van der Waals surface area contributed by atoms with Gasteiger partial charge < -0.3 is 10.2 Å². The molecule has 2 aliphatic rings. The molecule has 1 atom stereocenters. The summed E-state index contributed by atoms with van der Waals surface area (Å²) in [6.45, 7) is 33.2. The average Bonchev–Trinajstić information content (AvgIpc) is 3.66. The van der Waals surface area contributed by atoms with Crippen molar-refractivity contribution in [3.05, 3.63) is 131 Å². The van der Waals surface area contributed by atoms with Gasteiger partial charge in [-0.2, -0.15) is 0 Å². The van der Waals surface area contributed by atoms with Gasteiger partial charge in [0.2, 0.25) is 0 Å². The van der Waals surface area contributed by atoms with Gasteiger partial charge >= 0.3 is 0 Å². The Bertz CT molecular complexity index is 1600. The van der Waals surface area contributed by atoms with Crippen molar-refractivity contribution in [1.82, 2.24) is 4.90 Å². The van der Waals surface area contributed by atoms with Crippen molar-refractivity contribution in [2.24, 2.45) is 10.9 Å². The smallest absolute Gasteiger partial charge is 0.0701 e. The third-order valence-corrected chi connectivity index (χ3v) is 11.7. The quantitative estimate of drug-likeness (QED) is 0.123. The van der Waals surface area contributed by atoms with Crippen LogP contribution < -0.4 is 5.32 Å². The lowest BCUT2D eigenvalue weighted by atomic mass is 9.64. The van der Waals surface area contributed by atoms with Crippen LogP contribution in [0.4, 0.5) is 5.69 Å². The van der Waals surface area contributed by atoms with E-state index in [9.17, 15) is 0 Å². The number of nitrogens with one attached hydrogen (secondary N) is 1. The van der Waals surface area contributed by atoms with Gasteiger partial charge in [0.25, 0.3) is 0 Å². The van der Waals surface area contributed by atoms with Crippen LogP contribution in [-0.2, 0) is 24.7 Å². The molecule has 5 rings (SSSR count). The fourth-order valence-electron chi connectivity index (χ4n) is 7.60. The monoisotopic (exact) mass is 780 g/mol. The number of thioether (sulfide) groups is 1. The number of fused-ring (bicyclic) bond motifs is 1. The second-order valence-corrected chi connectivity index (χ2v) is 15.7. The predicted molar refractivity (Wildman–Crippen MR) is 256 cm³/mol. The summed E-state index contributed by atoms with van der Waals surface area (Å²) in [5.74, 6) is 0.650. The maximum atomic E-state index is 5.08. The summed E-state index contributed by atoms with van der Waals surface area (Å²) in [7, 11) is 2.21. The van der Waals surface area contributed by atoms with Gasteiger partial charge in [-0.1, -0.05) is 185 Å². The van der Waals surface area contributed by atoms with E-state index in [4.69, 9.17) is 4.99 Å². The molecular formula is C52H81N3S. The van der Waals surface area contributed by atoms with Crippen molar-refractivity contribution < 1.29 is 0 Å². The molecule has 1 heterocycles. The standard InChI is InChI=1S/C34H48N2.C12H15NS.3C2H6/c1-6-16-30-17-14-18-31(25-30)19-15-24-36(5)27-29(7-2)26-35-28(3)34(4,32-20-10-8-11-21-32)33-22-12-9-13-23-33;1-4-5-10-7-6-8(2)11-12(10)14-9(3)13-11;3*1-2/h7-8,10-11,14,17-18,20-21,25-26,33H,2,6,9,12-13,15-16,19,22-24,27H2,1,3-5H3;6-7,13H,3-5H2,1-2H3;3*1-2H3/b29-26+,35-28?;;;;. The summed E-state index contributed by atoms with van der Waals surface area (Å²) in [5, 5.41) is 4.38. The first-order valence-corrected chi connectivity index (χ1v) is 23.0. The second-order valence-electron chi connectivity index (χ2n) is 14.6. The van der Waals surface area contributed by atoms with Crippen LogP contribution >= 0.6 is 11.8 Å². The molecule has 1 aliphatic heterocycles. The topological polar surface area (TPSA) is 27.6 Å². The zero-order valence-electron chi connectivity index (χ0n) is 38.0. The number of anilines is 1. The van der Waals surface area contributed by atoms with Crippen LogP contribution in [0.3, 0.4) is 0 Å². The van der Waals surface area contributed by atoms with Crippen molar-refractivity contribution in [2.75, 3.05) is 25.5 Å². The maximum Gasteiger partial charge on any atom is 0.0701 e. The molecule has 0 amide bonds. The van der Waals surface area contributed by atoms with Crippen molar-refractivity contribution in [3.8, 4) is 0 Å². The van der Waals surface area contributed by atoms with Gasteiger partial charge in [0.05, 0.1) is 10.7 Å². The normalized spacial score (nSPS) is 14.9. The number of aliphatic imine (C=N–C) groups is 1. The van der Waals surface area contributed by atoms with E-state index >= 15 is 0 Å². The first kappa shape index (κ1) is 50.7. The van der Waals surface area contributed by atoms with Crippen LogP contribution in [0, 0.1) is 12.8 Å². The lowest BCUT2D eigenvalue weighted by molar-refractivity contribution is 0.275. The fourth-order valence-corrected chi connectivity index (χ4v) is 8.61. The van der Waals surface area contributed by atoms with Crippen LogP contribution in [0.2, 0.25) is 0 Å². The number of hydrogen-bond acceptors (Lipinski definition) is 4. The first-order chi connectivity index (χ1) is 27.2. The van der Waals surface area contributed by atoms with Gasteiger partial charge in [0.1, 0.15) is 0 Å². The number of aryl methyl sites for hydroxylation is 4. The van der Waals surface area contributed by atoms with Crippen LogP contribution in [0.25, 0.3) is 0 Å². The Labute approximate surface area is 350 Å². The van der Waals surface area contributed by atoms with E-state index < -0.39 is 0 Å². The van der Waals surface area contributed by atoms with E-state index in [1.165, 1.54) is 101 Å². The van der Waals surface area contributed by atoms with Gasteiger partial charge in [-0.25, -0.2) is 0 Å². The molecule has 3 nitrogen and oxygen atoms in total. The molecule has 1 aliphatic carbocycles. The molecule has 0 radical (unpaired) electrons. The molecular weight excluding hydrogens is 699 g/mol. The van der Waals surface area contributed by atoms with Crippen LogP contribution in [0.5, 0.6) is 0 Å². The molecule has 1 saturated carbocycles. The van der Waals surface area contributed by atoms with E-state index in [-0.39, 0.29) is 5.41 Å². The Morgan fingerprint density at radius 1 is 0.875 bits per heavy atom. The largest absolute Gasteiger partial charge is 0.349 e. The summed E-state index contributed by atoms with van der Waals surface area (Å²) in [5.41, 5.74) is 10.7. The molecule has 4 heteroatoms. The number of likely N-dealkylation sites (N-methyl/N-ethyl adjacent to an activating group) is 1. The van der Waals surface area contributed by atoms with Gasteiger partial charge in [-0.3, -0.25) is 4.99 Å². The molecule has 0 spiro atoms. The average molecular weight is 780 g/mol. The molecule has 0 saturated heterocycles. The highest BCUT2D eigenvalue weighted by molar-refractivity contribution is 8.03. The zero-order chi connectivity index (χ0) is 41.9. The summed E-state index contributed by atoms with van der Waals surface area (Å²) in [4.78, 5) is 8.86. The Balaban J connectivity index is 0.000000648. The van der Waals surface area contributed by atoms with Crippen molar-refractivity contribution >= 4 is 23.2 Å². The lowest BCUT2D eigenvalue weighted by Crippen LogP contribution is -2.40. The van der Waals surface area contributed by atoms with Gasteiger partial charge in [0, 0.05) is 28.8 Å². The zero-order valence-corrected chi connectivity index (χ0v) is 38.8. The Morgan fingerprint density at radius 2 is 1.50 bits per heavy atom. The SMILES string of the molecule is C=C/C(=C\N=C(C)C(C)(c1ccccc1)C1CCCCC1)CN(C)CCCc1cccc(CCC)c1.C=C1Nc2c(C)ccc(CCC)c2S1.CC.CC.CC. The minimum Gasteiger partial charge on any atom is -0.349 e. The molecule has 0 aromatic heterocycles. The second kappa shape index (κ2) is 29.0. The molecule has 56 heavy (non-hydrogen) atoms. The highest BCUT2D eigenvalue weighted by Gasteiger charge is 2.39. The van der Waals surface area contributed by atoms with Crippen LogP contribution in [0.1, 0.15) is 148 Å². The minimum atomic E-state index is -0.0251. The molecule has 1 fully saturated rings. The Morgan fingerprint density at radius 3 is 2.11 bits per heavy atom. The van der Waals surface area contributed by atoms with E-state index in [1.54, 1.807) is 11.8 Å². The van der Waals surface area contributed by atoms with Crippen LogP contribution in [-0.4, -0.2) is 30.7 Å². The van der Waals surface area contributed by atoms with Gasteiger partial charge in [0.15, 0.2) is 0 Å². The summed E-state index contributed by atoms with van der Waals surface area (Å²) in [6.07, 6.45) is 17.7. The van der Waals surface area contributed by atoms with E-state index in [0.29, 0.717) is 5.92 Å². The molecule has 310 valence electrons. The van der Waals surface area contributed by atoms with E-state index in [2.05, 4.69) is 138 Å². The summed E-state index contributed by atoms with van der Waals surface area (Å²) < 4.78 is 0. The van der Waals surface area contributed by atoms with E-state index in [0.717, 1.165) is 37.4 Å². The third kappa shape index (κ3) is 15.9.